The molecule has 3 atom stereocenters. The number of fused-ring (bicyclic) bond motifs is 1. The number of rotatable bonds is 13. The van der Waals surface area contributed by atoms with Crippen LogP contribution in [0.5, 0.6) is 5.75 Å². The number of carboxylic acid groups (broad SMARTS) is 1. The predicted octanol–water partition coefficient (Wildman–Crippen LogP) is 6.13. The summed E-state index contributed by atoms with van der Waals surface area (Å²) < 4.78 is 18.4. The molecule has 9 heteroatoms. The lowest BCUT2D eigenvalue weighted by molar-refractivity contribution is -0.0424. The van der Waals surface area contributed by atoms with Crippen LogP contribution in [0.1, 0.15) is 29.0 Å². The minimum absolute atomic E-state index is 0.115. The number of piperidine rings is 1. The summed E-state index contributed by atoms with van der Waals surface area (Å²) in [6.45, 7) is 4.27. The minimum atomic E-state index is -0.981. The maximum Gasteiger partial charge on any atom is 0.407 e. The highest BCUT2D eigenvalue weighted by Gasteiger charge is 2.42. The van der Waals surface area contributed by atoms with Crippen molar-refractivity contribution in [3.05, 3.63) is 114 Å². The second-order valence-corrected chi connectivity index (χ2v) is 12.0. The molecule has 2 saturated heterocycles. The molecular weight excluding hydrogens is 582 g/mol. The van der Waals surface area contributed by atoms with Crippen LogP contribution in [-0.4, -0.2) is 79.1 Å². The van der Waals surface area contributed by atoms with Crippen molar-refractivity contribution < 1.29 is 28.9 Å². The van der Waals surface area contributed by atoms with Crippen molar-refractivity contribution in [1.82, 2.24) is 15.1 Å². The summed E-state index contributed by atoms with van der Waals surface area (Å²) in [5.74, 6) is 0.493. The van der Waals surface area contributed by atoms with E-state index < -0.39 is 12.2 Å². The zero-order chi connectivity index (χ0) is 31.7. The molecule has 6 rings (SSSR count). The van der Waals surface area contributed by atoms with Gasteiger partial charge in [-0.25, -0.2) is 9.59 Å². The van der Waals surface area contributed by atoms with Gasteiger partial charge in [-0.3, -0.25) is 0 Å². The first kappa shape index (κ1) is 31.4. The summed E-state index contributed by atoms with van der Waals surface area (Å²) in [5, 5.41) is 15.2. The molecule has 0 aromatic heterocycles. The van der Waals surface area contributed by atoms with E-state index in [1.807, 2.05) is 66.7 Å². The van der Waals surface area contributed by atoms with Crippen molar-refractivity contribution >= 4 is 22.9 Å². The third-order valence-corrected chi connectivity index (χ3v) is 8.79. The monoisotopic (exact) mass is 623 g/mol. The molecule has 2 aliphatic rings. The second kappa shape index (κ2) is 15.1. The van der Waals surface area contributed by atoms with Crippen LogP contribution in [0, 0.1) is 5.92 Å². The van der Waals surface area contributed by atoms with Crippen LogP contribution in [0.25, 0.3) is 10.8 Å². The molecular formula is C37H41N3O6. The smallest absolute Gasteiger partial charge is 0.407 e. The van der Waals surface area contributed by atoms with Crippen LogP contribution >= 0.6 is 0 Å². The molecule has 0 spiro atoms. The lowest BCUT2D eigenvalue weighted by Crippen LogP contribution is -2.53. The molecule has 4 aromatic rings. The van der Waals surface area contributed by atoms with Gasteiger partial charge in [0.15, 0.2) is 0 Å². The molecule has 4 aromatic carbocycles. The molecule has 2 heterocycles. The number of carbonyl (C=O) groups is 2. The second-order valence-electron chi connectivity index (χ2n) is 12.0. The van der Waals surface area contributed by atoms with Crippen molar-refractivity contribution in [3.8, 4) is 5.75 Å². The first-order chi connectivity index (χ1) is 22.5. The SMILES string of the molecule is O=C(O)N1CC(CN2CCNC2=O)C(c2ccc(OCCCOCc3ccccc3)cc2)C(OCc2ccc3ccccc3c2)C1. The van der Waals surface area contributed by atoms with Crippen molar-refractivity contribution in [2.24, 2.45) is 5.92 Å². The van der Waals surface area contributed by atoms with Crippen LogP contribution in [-0.2, 0) is 22.7 Å². The zero-order valence-corrected chi connectivity index (χ0v) is 25.9. The van der Waals surface area contributed by atoms with E-state index in [1.165, 1.54) is 4.90 Å². The molecule has 0 radical (unpaired) electrons. The van der Waals surface area contributed by atoms with Gasteiger partial charge in [0, 0.05) is 44.4 Å². The Bertz CT molecular complexity index is 1600. The Morgan fingerprint density at radius 2 is 1.63 bits per heavy atom. The Morgan fingerprint density at radius 1 is 0.848 bits per heavy atom. The number of hydrogen-bond acceptors (Lipinski definition) is 5. The number of benzene rings is 4. The van der Waals surface area contributed by atoms with Gasteiger partial charge in [-0.15, -0.1) is 0 Å². The van der Waals surface area contributed by atoms with Crippen LogP contribution in [0.2, 0.25) is 0 Å². The molecule has 2 aliphatic heterocycles. The summed E-state index contributed by atoms with van der Waals surface area (Å²) >= 11 is 0. The highest BCUT2D eigenvalue weighted by atomic mass is 16.5. The Hall–Kier alpha value is -4.60. The van der Waals surface area contributed by atoms with Gasteiger partial charge in [-0.2, -0.15) is 0 Å². The highest BCUT2D eigenvalue weighted by molar-refractivity contribution is 5.83. The molecule has 3 amide bonds. The normalized spacial score (nSPS) is 19.7. The van der Waals surface area contributed by atoms with E-state index in [1.54, 1.807) is 4.90 Å². The fourth-order valence-corrected chi connectivity index (χ4v) is 6.48. The van der Waals surface area contributed by atoms with E-state index in [0.717, 1.165) is 39.6 Å². The van der Waals surface area contributed by atoms with Crippen LogP contribution in [0.4, 0.5) is 9.59 Å². The average molecular weight is 624 g/mol. The van der Waals surface area contributed by atoms with E-state index in [4.69, 9.17) is 14.2 Å². The van der Waals surface area contributed by atoms with E-state index >= 15 is 0 Å². The Morgan fingerprint density at radius 3 is 2.39 bits per heavy atom. The average Bonchev–Trinajstić information content (AvgIpc) is 3.49. The molecule has 3 unspecified atom stereocenters. The Balaban J connectivity index is 1.14. The number of amides is 3. The number of nitrogens with zero attached hydrogens (tertiary/aromatic N) is 2. The number of ether oxygens (including phenoxy) is 3. The van der Waals surface area contributed by atoms with Crippen LogP contribution in [0.15, 0.2) is 97.1 Å². The lowest BCUT2D eigenvalue weighted by Gasteiger charge is -2.44. The summed E-state index contributed by atoms with van der Waals surface area (Å²) in [7, 11) is 0. The number of urea groups is 1. The number of carbonyl (C=O) groups excluding carboxylic acids is 1. The van der Waals surface area contributed by atoms with Gasteiger partial charge in [-0.1, -0.05) is 78.9 Å². The van der Waals surface area contributed by atoms with E-state index in [2.05, 4.69) is 35.6 Å². The van der Waals surface area contributed by atoms with Crippen molar-refractivity contribution in [1.29, 1.82) is 0 Å². The van der Waals surface area contributed by atoms with Crippen molar-refractivity contribution in [3.63, 3.8) is 0 Å². The third kappa shape index (κ3) is 7.97. The summed E-state index contributed by atoms with van der Waals surface area (Å²) in [4.78, 5) is 28.0. The Labute approximate surface area is 269 Å². The van der Waals surface area contributed by atoms with Crippen molar-refractivity contribution in [2.45, 2.75) is 31.7 Å². The number of likely N-dealkylation sites (tertiary alicyclic amines) is 1. The summed E-state index contributed by atoms with van der Waals surface area (Å²) in [5.41, 5.74) is 3.21. The maximum absolute atomic E-state index is 12.5. The third-order valence-electron chi connectivity index (χ3n) is 8.79. The quantitative estimate of drug-likeness (QED) is 0.174. The van der Waals surface area contributed by atoms with Crippen LogP contribution in [0.3, 0.4) is 0 Å². The first-order valence-corrected chi connectivity index (χ1v) is 16.0. The maximum atomic E-state index is 12.5. The molecule has 9 nitrogen and oxygen atoms in total. The topological polar surface area (TPSA) is 101 Å². The van der Waals surface area contributed by atoms with Crippen molar-refractivity contribution in [2.75, 3.05) is 45.9 Å². The zero-order valence-electron chi connectivity index (χ0n) is 25.9. The Kier molecular flexibility index (Phi) is 10.3. The van der Waals surface area contributed by atoms with Gasteiger partial charge in [0.2, 0.25) is 0 Å². The molecule has 0 aliphatic carbocycles. The van der Waals surface area contributed by atoms with Crippen LogP contribution < -0.4 is 10.1 Å². The molecule has 2 fully saturated rings. The predicted molar refractivity (Wildman–Crippen MR) is 176 cm³/mol. The lowest BCUT2D eigenvalue weighted by atomic mass is 9.78. The van der Waals surface area contributed by atoms with Gasteiger partial charge in [-0.05, 0) is 45.7 Å². The van der Waals surface area contributed by atoms with E-state index in [9.17, 15) is 14.7 Å². The standard InChI is InChI=1S/C37H41N3O6/c41-36-38-17-18-39(36)22-32-23-40(37(42)43)24-34(46-26-28-11-12-29-9-4-5-10-31(29)21-28)35(32)30-13-15-33(16-14-30)45-20-6-19-44-25-27-7-2-1-3-8-27/h1-5,7-16,21,32,34-35H,6,17-20,22-26H2,(H,38,41)(H,42,43). The molecule has 2 N–H and O–H groups in total. The summed E-state index contributed by atoms with van der Waals surface area (Å²) in [6, 6.07) is 32.4. The number of nitrogens with one attached hydrogen (secondary N) is 1. The number of hydrogen-bond donors (Lipinski definition) is 2. The first-order valence-electron chi connectivity index (χ1n) is 16.0. The molecule has 240 valence electrons. The largest absolute Gasteiger partial charge is 0.494 e. The van der Waals surface area contributed by atoms with Gasteiger partial charge in [0.05, 0.1) is 39.1 Å². The van der Waals surface area contributed by atoms with Gasteiger partial charge < -0.3 is 34.4 Å². The fraction of sp³-hybridized carbons (Fsp3) is 0.351. The van der Waals surface area contributed by atoms with Gasteiger partial charge >= 0.3 is 12.1 Å². The molecule has 0 bridgehead atoms. The fourth-order valence-electron chi connectivity index (χ4n) is 6.48. The van der Waals surface area contributed by atoms with Gasteiger partial charge in [0.25, 0.3) is 0 Å². The molecule has 0 saturated carbocycles. The van der Waals surface area contributed by atoms with E-state index in [-0.39, 0.29) is 24.4 Å². The molecule has 46 heavy (non-hydrogen) atoms. The minimum Gasteiger partial charge on any atom is -0.494 e. The van der Waals surface area contributed by atoms with Gasteiger partial charge in [0.1, 0.15) is 5.75 Å². The van der Waals surface area contributed by atoms with E-state index in [0.29, 0.717) is 52.6 Å². The highest BCUT2D eigenvalue weighted by Crippen LogP contribution is 2.37. The summed E-state index contributed by atoms with van der Waals surface area (Å²) in [6.07, 6.45) is -0.613.